The summed E-state index contributed by atoms with van der Waals surface area (Å²) in [7, 11) is 0. The highest BCUT2D eigenvalue weighted by Crippen LogP contribution is 2.18. The number of hydrogen-bond acceptors (Lipinski definition) is 3. The predicted octanol–water partition coefficient (Wildman–Crippen LogP) is 0.782. The second-order valence-corrected chi connectivity index (χ2v) is 4.27. The van der Waals surface area contributed by atoms with Crippen LogP contribution in [-0.4, -0.2) is 36.2 Å². The van der Waals surface area contributed by atoms with Gasteiger partial charge in [-0.3, -0.25) is 9.59 Å². The van der Waals surface area contributed by atoms with Gasteiger partial charge in [-0.2, -0.15) is 0 Å². The van der Waals surface area contributed by atoms with E-state index in [0.29, 0.717) is 12.5 Å². The molecule has 92 valence electrons. The summed E-state index contributed by atoms with van der Waals surface area (Å²) in [5.41, 5.74) is 0. The van der Waals surface area contributed by atoms with Gasteiger partial charge in [-0.1, -0.05) is 0 Å². The maximum absolute atomic E-state index is 11.3. The van der Waals surface area contributed by atoms with Gasteiger partial charge in [-0.25, -0.2) is 0 Å². The lowest BCUT2D eigenvalue weighted by molar-refractivity contribution is -0.138. The minimum Gasteiger partial charge on any atom is -0.481 e. The van der Waals surface area contributed by atoms with E-state index in [-0.39, 0.29) is 24.9 Å². The SMILES string of the molecule is CC1CC(CNC(=O)CCC(=O)O)CCO1. The quantitative estimate of drug-likeness (QED) is 0.730. The normalized spacial score (nSPS) is 25.1. The Balaban J connectivity index is 2.13. The predicted molar refractivity (Wildman–Crippen MR) is 58.0 cm³/mol. The Morgan fingerprint density at radius 3 is 2.81 bits per heavy atom. The zero-order valence-electron chi connectivity index (χ0n) is 9.57. The first-order valence-corrected chi connectivity index (χ1v) is 5.68. The van der Waals surface area contributed by atoms with Gasteiger partial charge in [0.15, 0.2) is 0 Å². The van der Waals surface area contributed by atoms with E-state index in [1.54, 1.807) is 0 Å². The van der Waals surface area contributed by atoms with Crippen LogP contribution in [0.4, 0.5) is 0 Å². The molecular weight excluding hydrogens is 210 g/mol. The molecule has 2 atom stereocenters. The molecule has 0 aromatic heterocycles. The Labute approximate surface area is 95.2 Å². The largest absolute Gasteiger partial charge is 0.481 e. The van der Waals surface area contributed by atoms with E-state index in [1.165, 1.54) is 0 Å². The molecule has 0 spiro atoms. The van der Waals surface area contributed by atoms with Gasteiger partial charge in [0.2, 0.25) is 5.91 Å². The Morgan fingerprint density at radius 2 is 2.19 bits per heavy atom. The number of amides is 1. The van der Waals surface area contributed by atoms with Gasteiger partial charge < -0.3 is 15.2 Å². The lowest BCUT2D eigenvalue weighted by Gasteiger charge is -2.27. The van der Waals surface area contributed by atoms with Crippen LogP contribution in [-0.2, 0) is 14.3 Å². The Hall–Kier alpha value is -1.10. The second-order valence-electron chi connectivity index (χ2n) is 4.27. The summed E-state index contributed by atoms with van der Waals surface area (Å²) in [6.45, 7) is 3.40. The molecule has 2 N–H and O–H groups in total. The molecule has 0 radical (unpaired) electrons. The van der Waals surface area contributed by atoms with Crippen LogP contribution in [0, 0.1) is 5.92 Å². The summed E-state index contributed by atoms with van der Waals surface area (Å²) >= 11 is 0. The average Bonchev–Trinajstić information content (AvgIpc) is 2.23. The summed E-state index contributed by atoms with van der Waals surface area (Å²) in [5.74, 6) is -0.658. The van der Waals surface area contributed by atoms with Crippen LogP contribution in [0.5, 0.6) is 0 Å². The van der Waals surface area contributed by atoms with Crippen molar-refractivity contribution >= 4 is 11.9 Å². The Bertz CT molecular complexity index is 254. The summed E-state index contributed by atoms with van der Waals surface area (Å²) in [6.07, 6.45) is 2.14. The third-order valence-corrected chi connectivity index (χ3v) is 2.75. The molecule has 1 rings (SSSR count). The number of ether oxygens (including phenoxy) is 1. The van der Waals surface area contributed by atoms with E-state index < -0.39 is 5.97 Å². The lowest BCUT2D eigenvalue weighted by Crippen LogP contribution is -2.34. The molecule has 0 aromatic rings. The fourth-order valence-corrected chi connectivity index (χ4v) is 1.84. The summed E-state index contributed by atoms with van der Waals surface area (Å²) in [5, 5.41) is 11.2. The minimum absolute atomic E-state index is 0.0636. The van der Waals surface area contributed by atoms with Crippen molar-refractivity contribution < 1.29 is 19.4 Å². The van der Waals surface area contributed by atoms with Crippen molar-refractivity contribution in [2.24, 2.45) is 5.92 Å². The molecular formula is C11H19NO4. The van der Waals surface area contributed by atoms with Crippen molar-refractivity contribution in [3.8, 4) is 0 Å². The van der Waals surface area contributed by atoms with Gasteiger partial charge in [-0.05, 0) is 25.7 Å². The monoisotopic (exact) mass is 229 g/mol. The third kappa shape index (κ3) is 5.11. The fourth-order valence-electron chi connectivity index (χ4n) is 1.84. The Morgan fingerprint density at radius 1 is 1.44 bits per heavy atom. The Kier molecular flexibility index (Phi) is 5.25. The molecule has 1 amide bonds. The maximum atomic E-state index is 11.3. The van der Waals surface area contributed by atoms with E-state index in [9.17, 15) is 9.59 Å². The number of carboxylic acid groups (broad SMARTS) is 1. The summed E-state index contributed by atoms with van der Waals surface area (Å²) in [6, 6.07) is 0. The zero-order chi connectivity index (χ0) is 12.0. The molecule has 16 heavy (non-hydrogen) atoms. The minimum atomic E-state index is -0.935. The fraction of sp³-hybridized carbons (Fsp3) is 0.818. The molecule has 0 bridgehead atoms. The van der Waals surface area contributed by atoms with Gasteiger partial charge in [0.05, 0.1) is 12.5 Å². The standard InChI is InChI=1S/C11H19NO4/c1-8-6-9(4-5-16-8)7-12-10(13)2-3-11(14)15/h8-9H,2-7H2,1H3,(H,12,13)(H,14,15). The van der Waals surface area contributed by atoms with E-state index in [1.807, 2.05) is 6.92 Å². The molecule has 0 aromatic carbocycles. The highest BCUT2D eigenvalue weighted by molar-refractivity contribution is 5.80. The van der Waals surface area contributed by atoms with Crippen LogP contribution in [0.15, 0.2) is 0 Å². The van der Waals surface area contributed by atoms with Crippen LogP contribution in [0.1, 0.15) is 32.6 Å². The molecule has 1 saturated heterocycles. The molecule has 1 heterocycles. The van der Waals surface area contributed by atoms with Crippen molar-refractivity contribution in [3.63, 3.8) is 0 Å². The molecule has 1 aliphatic heterocycles. The van der Waals surface area contributed by atoms with Gasteiger partial charge >= 0.3 is 5.97 Å². The van der Waals surface area contributed by atoms with E-state index in [4.69, 9.17) is 9.84 Å². The first-order chi connectivity index (χ1) is 7.58. The van der Waals surface area contributed by atoms with E-state index in [2.05, 4.69) is 5.32 Å². The van der Waals surface area contributed by atoms with E-state index >= 15 is 0 Å². The smallest absolute Gasteiger partial charge is 0.303 e. The van der Waals surface area contributed by atoms with Gasteiger partial charge in [0.1, 0.15) is 0 Å². The van der Waals surface area contributed by atoms with Gasteiger partial charge in [0, 0.05) is 19.6 Å². The van der Waals surface area contributed by atoms with E-state index in [0.717, 1.165) is 19.4 Å². The first kappa shape index (κ1) is 13.0. The second kappa shape index (κ2) is 6.48. The molecule has 1 aliphatic rings. The highest BCUT2D eigenvalue weighted by atomic mass is 16.5. The van der Waals surface area contributed by atoms with Crippen LogP contribution in [0.3, 0.4) is 0 Å². The molecule has 0 saturated carbocycles. The zero-order valence-corrected chi connectivity index (χ0v) is 9.57. The van der Waals surface area contributed by atoms with Crippen molar-refractivity contribution in [2.45, 2.75) is 38.7 Å². The van der Waals surface area contributed by atoms with Crippen molar-refractivity contribution in [1.82, 2.24) is 5.32 Å². The maximum Gasteiger partial charge on any atom is 0.303 e. The molecule has 0 aliphatic carbocycles. The van der Waals surface area contributed by atoms with Crippen molar-refractivity contribution in [2.75, 3.05) is 13.2 Å². The van der Waals surface area contributed by atoms with Gasteiger partial charge in [-0.15, -0.1) is 0 Å². The average molecular weight is 229 g/mol. The van der Waals surface area contributed by atoms with Crippen LogP contribution < -0.4 is 5.32 Å². The molecule has 1 fully saturated rings. The van der Waals surface area contributed by atoms with Gasteiger partial charge in [0.25, 0.3) is 0 Å². The number of carbonyl (C=O) groups excluding carboxylic acids is 1. The number of nitrogens with one attached hydrogen (secondary N) is 1. The lowest BCUT2D eigenvalue weighted by atomic mass is 9.96. The topological polar surface area (TPSA) is 75.6 Å². The number of aliphatic carboxylic acids is 1. The van der Waals surface area contributed by atoms with Crippen LogP contribution in [0.2, 0.25) is 0 Å². The van der Waals surface area contributed by atoms with Crippen molar-refractivity contribution in [1.29, 1.82) is 0 Å². The third-order valence-electron chi connectivity index (χ3n) is 2.75. The molecule has 5 heteroatoms. The molecule has 5 nitrogen and oxygen atoms in total. The van der Waals surface area contributed by atoms with Crippen LogP contribution >= 0.6 is 0 Å². The van der Waals surface area contributed by atoms with Crippen molar-refractivity contribution in [3.05, 3.63) is 0 Å². The molecule has 2 unspecified atom stereocenters. The summed E-state index contributed by atoms with van der Waals surface area (Å²) < 4.78 is 5.40. The summed E-state index contributed by atoms with van der Waals surface area (Å²) in [4.78, 5) is 21.5. The number of carbonyl (C=O) groups is 2. The number of carboxylic acids is 1. The number of rotatable bonds is 5. The van der Waals surface area contributed by atoms with Crippen LogP contribution in [0.25, 0.3) is 0 Å². The number of hydrogen-bond donors (Lipinski definition) is 2. The highest BCUT2D eigenvalue weighted by Gasteiger charge is 2.19. The first-order valence-electron chi connectivity index (χ1n) is 5.68.